The smallest absolute Gasteiger partial charge is 0.116 e. The van der Waals surface area contributed by atoms with Crippen molar-refractivity contribution in [2.75, 3.05) is 6.54 Å². The largest absolute Gasteiger partial charge is 0.508 e. The second-order valence-electron chi connectivity index (χ2n) is 3.76. The van der Waals surface area contributed by atoms with E-state index in [0.717, 1.165) is 5.56 Å². The van der Waals surface area contributed by atoms with Gasteiger partial charge in [-0.1, -0.05) is 19.9 Å². The van der Waals surface area contributed by atoms with Crippen molar-refractivity contribution in [1.29, 1.82) is 0 Å². The average Bonchev–Trinajstić information content (AvgIpc) is 2.15. The Labute approximate surface area is 84.2 Å². The molecule has 1 atom stereocenters. The lowest BCUT2D eigenvalue weighted by Crippen LogP contribution is -2.11. The number of hydrogen-bond acceptors (Lipinski definition) is 3. The first-order valence-electron chi connectivity index (χ1n) is 4.76. The van der Waals surface area contributed by atoms with Crippen molar-refractivity contribution in [3.63, 3.8) is 0 Å². The minimum Gasteiger partial charge on any atom is -0.508 e. The van der Waals surface area contributed by atoms with Gasteiger partial charge in [-0.15, -0.1) is 0 Å². The van der Waals surface area contributed by atoms with Gasteiger partial charge in [0.05, 0.1) is 6.10 Å². The summed E-state index contributed by atoms with van der Waals surface area (Å²) >= 11 is 0. The molecule has 0 amide bonds. The number of hydrogen-bond donors (Lipinski definition) is 3. The minimum absolute atomic E-state index is 0.168. The number of phenolic OH excluding ortho intramolecular Hbond substituents is 1. The van der Waals surface area contributed by atoms with Crippen molar-refractivity contribution in [2.24, 2.45) is 5.73 Å². The fourth-order valence-corrected chi connectivity index (χ4v) is 1.32. The van der Waals surface area contributed by atoms with Gasteiger partial charge in [-0.25, -0.2) is 0 Å². The normalized spacial score (nSPS) is 13.2. The molecule has 0 aliphatic heterocycles. The zero-order valence-electron chi connectivity index (χ0n) is 8.57. The number of aliphatic hydroxyl groups is 1. The summed E-state index contributed by atoms with van der Waals surface area (Å²) in [5.74, 6) is 0.504. The lowest BCUT2D eigenvalue weighted by Gasteiger charge is -2.12. The van der Waals surface area contributed by atoms with Crippen LogP contribution in [0.2, 0.25) is 0 Å². The molecule has 1 rings (SSSR count). The van der Waals surface area contributed by atoms with Crippen molar-refractivity contribution in [1.82, 2.24) is 0 Å². The molecule has 0 aliphatic carbocycles. The highest BCUT2D eigenvalue weighted by Crippen LogP contribution is 2.25. The highest BCUT2D eigenvalue weighted by Gasteiger charge is 2.09. The van der Waals surface area contributed by atoms with Crippen molar-refractivity contribution in [3.8, 4) is 5.75 Å². The second kappa shape index (κ2) is 4.44. The van der Waals surface area contributed by atoms with Gasteiger partial charge < -0.3 is 15.9 Å². The van der Waals surface area contributed by atoms with Gasteiger partial charge >= 0.3 is 0 Å². The molecule has 1 aromatic rings. The molecule has 78 valence electrons. The van der Waals surface area contributed by atoms with E-state index < -0.39 is 6.10 Å². The molecular weight excluding hydrogens is 178 g/mol. The summed E-state index contributed by atoms with van der Waals surface area (Å²) in [6, 6.07) is 5.13. The third-order valence-electron chi connectivity index (χ3n) is 2.24. The van der Waals surface area contributed by atoms with Gasteiger partial charge in [0.2, 0.25) is 0 Å². The summed E-state index contributed by atoms with van der Waals surface area (Å²) in [6.07, 6.45) is -0.695. The fraction of sp³-hybridized carbons (Fsp3) is 0.455. The van der Waals surface area contributed by atoms with Crippen LogP contribution in [-0.2, 0) is 0 Å². The molecule has 0 radical (unpaired) electrons. The molecule has 1 unspecified atom stereocenters. The minimum atomic E-state index is -0.695. The van der Waals surface area contributed by atoms with Crippen LogP contribution in [0.5, 0.6) is 5.75 Å². The van der Waals surface area contributed by atoms with E-state index in [0.29, 0.717) is 11.5 Å². The third-order valence-corrected chi connectivity index (χ3v) is 2.24. The SMILES string of the molecule is CC(C)c1cc(O)cc(C(O)CN)c1. The van der Waals surface area contributed by atoms with Crippen LogP contribution in [0.1, 0.15) is 37.0 Å². The number of phenols is 1. The molecule has 0 bridgehead atoms. The van der Waals surface area contributed by atoms with Gasteiger partial charge in [-0.2, -0.15) is 0 Å². The molecule has 14 heavy (non-hydrogen) atoms. The Balaban J connectivity index is 3.07. The quantitative estimate of drug-likeness (QED) is 0.684. The number of aromatic hydroxyl groups is 1. The molecule has 1 aromatic carbocycles. The topological polar surface area (TPSA) is 66.5 Å². The lowest BCUT2D eigenvalue weighted by molar-refractivity contribution is 0.186. The maximum absolute atomic E-state index is 9.52. The molecule has 0 fully saturated rings. The summed E-state index contributed by atoms with van der Waals surface area (Å²) in [6.45, 7) is 4.24. The maximum atomic E-state index is 9.52. The van der Waals surface area contributed by atoms with Gasteiger partial charge in [0.25, 0.3) is 0 Å². The van der Waals surface area contributed by atoms with Crippen molar-refractivity contribution >= 4 is 0 Å². The van der Waals surface area contributed by atoms with Crippen LogP contribution in [0.3, 0.4) is 0 Å². The molecule has 0 spiro atoms. The Hall–Kier alpha value is -1.06. The van der Waals surface area contributed by atoms with Gasteiger partial charge in [0.1, 0.15) is 5.75 Å². The van der Waals surface area contributed by atoms with Crippen LogP contribution in [0.25, 0.3) is 0 Å². The Kier molecular flexibility index (Phi) is 3.49. The van der Waals surface area contributed by atoms with Gasteiger partial charge in [-0.3, -0.25) is 0 Å². The summed E-state index contributed by atoms with van der Waals surface area (Å²) in [5.41, 5.74) is 7.03. The van der Waals surface area contributed by atoms with Gasteiger partial charge in [0, 0.05) is 6.54 Å². The molecule has 0 aliphatic rings. The van der Waals surface area contributed by atoms with E-state index in [1.807, 2.05) is 19.9 Å². The lowest BCUT2D eigenvalue weighted by atomic mass is 9.98. The zero-order chi connectivity index (χ0) is 10.7. The summed E-state index contributed by atoms with van der Waals surface area (Å²) < 4.78 is 0. The fourth-order valence-electron chi connectivity index (χ4n) is 1.32. The molecular formula is C11H17NO2. The summed E-state index contributed by atoms with van der Waals surface area (Å²) in [7, 11) is 0. The van der Waals surface area contributed by atoms with E-state index >= 15 is 0 Å². The predicted octanol–water partition coefficient (Wildman–Crippen LogP) is 1.51. The maximum Gasteiger partial charge on any atom is 0.116 e. The zero-order valence-corrected chi connectivity index (χ0v) is 8.57. The van der Waals surface area contributed by atoms with E-state index in [1.54, 1.807) is 12.1 Å². The van der Waals surface area contributed by atoms with E-state index in [-0.39, 0.29) is 12.3 Å². The molecule has 0 saturated carbocycles. The summed E-state index contributed by atoms with van der Waals surface area (Å²) in [4.78, 5) is 0. The Morgan fingerprint density at radius 1 is 1.21 bits per heavy atom. The van der Waals surface area contributed by atoms with E-state index in [9.17, 15) is 10.2 Å². The Morgan fingerprint density at radius 3 is 2.29 bits per heavy atom. The van der Waals surface area contributed by atoms with Crippen LogP contribution in [0, 0.1) is 0 Å². The van der Waals surface area contributed by atoms with E-state index in [4.69, 9.17) is 5.73 Å². The summed E-state index contributed by atoms with van der Waals surface area (Å²) in [5, 5.41) is 19.0. The van der Waals surface area contributed by atoms with Crippen LogP contribution in [0.15, 0.2) is 18.2 Å². The monoisotopic (exact) mass is 195 g/mol. The molecule has 4 N–H and O–H groups in total. The Morgan fingerprint density at radius 2 is 1.79 bits per heavy atom. The molecule has 3 heteroatoms. The van der Waals surface area contributed by atoms with Crippen LogP contribution < -0.4 is 5.73 Å². The van der Waals surface area contributed by atoms with Gasteiger partial charge in [0.15, 0.2) is 0 Å². The first-order chi connectivity index (χ1) is 6.54. The molecule has 0 aromatic heterocycles. The van der Waals surface area contributed by atoms with Gasteiger partial charge in [-0.05, 0) is 29.2 Å². The van der Waals surface area contributed by atoms with E-state index in [1.165, 1.54) is 0 Å². The third kappa shape index (κ3) is 2.47. The van der Waals surface area contributed by atoms with Crippen LogP contribution >= 0.6 is 0 Å². The number of rotatable bonds is 3. The van der Waals surface area contributed by atoms with E-state index in [2.05, 4.69) is 0 Å². The molecule has 0 saturated heterocycles. The number of aliphatic hydroxyl groups excluding tert-OH is 1. The standard InChI is InChI=1S/C11H17NO2/c1-7(2)8-3-9(11(14)6-12)5-10(13)4-8/h3-5,7,11,13-14H,6,12H2,1-2H3. The highest BCUT2D eigenvalue weighted by molar-refractivity contribution is 5.36. The Bertz CT molecular complexity index is 310. The van der Waals surface area contributed by atoms with Crippen molar-refractivity contribution in [3.05, 3.63) is 29.3 Å². The number of nitrogens with two attached hydrogens (primary N) is 1. The van der Waals surface area contributed by atoms with Crippen molar-refractivity contribution in [2.45, 2.75) is 25.9 Å². The van der Waals surface area contributed by atoms with Crippen molar-refractivity contribution < 1.29 is 10.2 Å². The van der Waals surface area contributed by atoms with Crippen LogP contribution in [-0.4, -0.2) is 16.8 Å². The molecule has 3 nitrogen and oxygen atoms in total. The first-order valence-corrected chi connectivity index (χ1v) is 4.76. The molecule has 0 heterocycles. The second-order valence-corrected chi connectivity index (χ2v) is 3.76. The highest BCUT2D eigenvalue weighted by atomic mass is 16.3. The van der Waals surface area contributed by atoms with Crippen LogP contribution in [0.4, 0.5) is 0 Å². The average molecular weight is 195 g/mol. The number of benzene rings is 1. The first kappa shape index (κ1) is 11.0. The predicted molar refractivity (Wildman–Crippen MR) is 56.2 cm³/mol.